The van der Waals surface area contributed by atoms with E-state index in [0.717, 1.165) is 0 Å². The second-order valence-electron chi connectivity index (χ2n) is 3.25. The normalized spacial score (nSPS) is 14.2. The van der Waals surface area contributed by atoms with Crippen LogP contribution in [0.25, 0.3) is 0 Å². The van der Waals surface area contributed by atoms with Gasteiger partial charge in [-0.25, -0.2) is 0 Å². The Morgan fingerprint density at radius 2 is 1.79 bits per heavy atom. The van der Waals surface area contributed by atoms with E-state index in [1.165, 1.54) is 0 Å². The molecular weight excluding hydrogens is 184 g/mol. The minimum Gasteiger partial charge on any atom is -0.480 e. The van der Waals surface area contributed by atoms with Gasteiger partial charge in [0.05, 0.1) is 0 Å². The Hall–Kier alpha value is -1.32. The summed E-state index contributed by atoms with van der Waals surface area (Å²) in [4.78, 5) is 22.0. The highest BCUT2D eigenvalue weighted by molar-refractivity contribution is 5.98. The SMILES string of the molecule is C/C=C/C(C)C(CC)(C(=O)O)C(=O)O. The summed E-state index contributed by atoms with van der Waals surface area (Å²) >= 11 is 0. The number of hydrogen-bond donors (Lipinski definition) is 2. The lowest BCUT2D eigenvalue weighted by molar-refractivity contribution is -0.167. The van der Waals surface area contributed by atoms with Crippen LogP contribution < -0.4 is 0 Å². The van der Waals surface area contributed by atoms with Gasteiger partial charge in [0, 0.05) is 5.92 Å². The molecule has 4 heteroatoms. The van der Waals surface area contributed by atoms with E-state index in [9.17, 15) is 9.59 Å². The fourth-order valence-corrected chi connectivity index (χ4v) is 1.56. The molecule has 0 saturated heterocycles. The van der Waals surface area contributed by atoms with Crippen LogP contribution in [0.4, 0.5) is 0 Å². The van der Waals surface area contributed by atoms with Crippen LogP contribution in [0.5, 0.6) is 0 Å². The molecule has 0 aromatic carbocycles. The zero-order chi connectivity index (χ0) is 11.4. The van der Waals surface area contributed by atoms with Crippen molar-refractivity contribution in [3.05, 3.63) is 12.2 Å². The summed E-state index contributed by atoms with van der Waals surface area (Å²) in [5, 5.41) is 18.0. The quantitative estimate of drug-likeness (QED) is 0.524. The van der Waals surface area contributed by atoms with Gasteiger partial charge in [-0.15, -0.1) is 0 Å². The van der Waals surface area contributed by atoms with Crippen molar-refractivity contribution in [3.63, 3.8) is 0 Å². The van der Waals surface area contributed by atoms with Crippen molar-refractivity contribution in [2.24, 2.45) is 11.3 Å². The van der Waals surface area contributed by atoms with Crippen LogP contribution in [0, 0.1) is 11.3 Å². The van der Waals surface area contributed by atoms with Crippen molar-refractivity contribution >= 4 is 11.9 Å². The third-order valence-corrected chi connectivity index (χ3v) is 2.58. The summed E-state index contributed by atoms with van der Waals surface area (Å²) in [5.41, 5.74) is -1.70. The zero-order valence-corrected chi connectivity index (χ0v) is 8.65. The number of hydrogen-bond acceptors (Lipinski definition) is 2. The largest absolute Gasteiger partial charge is 0.480 e. The molecule has 0 rings (SSSR count). The number of aliphatic carboxylic acids is 2. The van der Waals surface area contributed by atoms with Gasteiger partial charge in [0.1, 0.15) is 0 Å². The average Bonchev–Trinajstić information content (AvgIpc) is 2.05. The Morgan fingerprint density at radius 1 is 1.36 bits per heavy atom. The number of carboxylic acids is 2. The zero-order valence-electron chi connectivity index (χ0n) is 8.65. The summed E-state index contributed by atoms with van der Waals surface area (Å²) in [7, 11) is 0. The monoisotopic (exact) mass is 200 g/mol. The topological polar surface area (TPSA) is 74.6 Å². The molecule has 0 aliphatic carbocycles. The smallest absolute Gasteiger partial charge is 0.321 e. The second kappa shape index (κ2) is 4.79. The van der Waals surface area contributed by atoms with Crippen molar-refractivity contribution in [2.75, 3.05) is 0 Å². The first-order valence-electron chi connectivity index (χ1n) is 4.53. The maximum atomic E-state index is 11.0. The molecular formula is C10H16O4. The fraction of sp³-hybridized carbons (Fsp3) is 0.600. The summed E-state index contributed by atoms with van der Waals surface area (Å²) in [6.07, 6.45) is 3.34. The van der Waals surface area contributed by atoms with Crippen LogP contribution >= 0.6 is 0 Å². The Labute approximate surface area is 83.2 Å². The number of rotatable bonds is 5. The molecule has 0 fully saturated rings. The second-order valence-corrected chi connectivity index (χ2v) is 3.25. The van der Waals surface area contributed by atoms with Gasteiger partial charge in [0.2, 0.25) is 0 Å². The molecule has 0 aliphatic rings. The Kier molecular flexibility index (Phi) is 4.34. The standard InChI is InChI=1S/C10H16O4/c1-4-6-7(3)10(5-2,8(11)12)9(13)14/h4,6-7H,5H2,1-3H3,(H,11,12)(H,13,14)/b6-4+. The molecule has 1 atom stereocenters. The molecule has 2 N–H and O–H groups in total. The summed E-state index contributed by atoms with van der Waals surface area (Å²) in [5.74, 6) is -3.08. The van der Waals surface area contributed by atoms with Gasteiger partial charge in [0.25, 0.3) is 0 Å². The van der Waals surface area contributed by atoms with Crippen molar-refractivity contribution in [1.82, 2.24) is 0 Å². The molecule has 0 radical (unpaired) electrons. The molecule has 80 valence electrons. The van der Waals surface area contributed by atoms with Gasteiger partial charge >= 0.3 is 11.9 Å². The first-order chi connectivity index (χ1) is 6.43. The molecule has 4 nitrogen and oxygen atoms in total. The average molecular weight is 200 g/mol. The lowest BCUT2D eigenvalue weighted by Crippen LogP contribution is -2.43. The van der Waals surface area contributed by atoms with Crippen molar-refractivity contribution in [2.45, 2.75) is 27.2 Å². The highest BCUT2D eigenvalue weighted by Gasteiger charge is 2.48. The third kappa shape index (κ3) is 1.95. The molecule has 14 heavy (non-hydrogen) atoms. The Morgan fingerprint density at radius 3 is 2.00 bits per heavy atom. The van der Waals surface area contributed by atoms with Crippen LogP contribution in [0.2, 0.25) is 0 Å². The van der Waals surface area contributed by atoms with Crippen molar-refractivity contribution < 1.29 is 19.8 Å². The summed E-state index contributed by atoms with van der Waals surface area (Å²) < 4.78 is 0. The molecule has 0 aromatic rings. The lowest BCUT2D eigenvalue weighted by Gasteiger charge is -2.27. The highest BCUT2D eigenvalue weighted by atomic mass is 16.4. The number of carboxylic acid groups (broad SMARTS) is 2. The molecule has 0 saturated carbocycles. The van der Waals surface area contributed by atoms with E-state index in [-0.39, 0.29) is 6.42 Å². The predicted octanol–water partition coefficient (Wildman–Crippen LogP) is 1.76. The minimum absolute atomic E-state index is 0.0726. The van der Waals surface area contributed by atoms with E-state index >= 15 is 0 Å². The van der Waals surface area contributed by atoms with Crippen molar-refractivity contribution in [1.29, 1.82) is 0 Å². The van der Waals surface area contributed by atoms with Gasteiger partial charge in [-0.2, -0.15) is 0 Å². The Bertz CT molecular complexity index is 241. The highest BCUT2D eigenvalue weighted by Crippen LogP contribution is 2.33. The number of allylic oxidation sites excluding steroid dienone is 2. The van der Waals surface area contributed by atoms with Gasteiger partial charge in [-0.3, -0.25) is 9.59 Å². The van der Waals surface area contributed by atoms with Gasteiger partial charge in [0.15, 0.2) is 5.41 Å². The van der Waals surface area contributed by atoms with Crippen LogP contribution in [-0.2, 0) is 9.59 Å². The summed E-state index contributed by atoms with van der Waals surface area (Å²) in [6.45, 7) is 4.91. The van der Waals surface area contributed by atoms with E-state index in [1.807, 2.05) is 0 Å². The van der Waals surface area contributed by atoms with Gasteiger partial charge < -0.3 is 10.2 Å². The molecule has 1 unspecified atom stereocenters. The maximum absolute atomic E-state index is 11.0. The molecule has 0 heterocycles. The molecule has 0 bridgehead atoms. The molecule has 0 amide bonds. The van der Waals surface area contributed by atoms with Gasteiger partial charge in [-0.1, -0.05) is 26.0 Å². The maximum Gasteiger partial charge on any atom is 0.321 e. The summed E-state index contributed by atoms with van der Waals surface area (Å²) in [6, 6.07) is 0. The molecule has 0 aliphatic heterocycles. The van der Waals surface area contributed by atoms with E-state index in [0.29, 0.717) is 0 Å². The van der Waals surface area contributed by atoms with Gasteiger partial charge in [-0.05, 0) is 13.3 Å². The Balaban J connectivity index is 5.24. The first kappa shape index (κ1) is 12.7. The van der Waals surface area contributed by atoms with E-state index in [4.69, 9.17) is 10.2 Å². The minimum atomic E-state index is -1.70. The first-order valence-corrected chi connectivity index (χ1v) is 4.53. The van der Waals surface area contributed by atoms with E-state index in [1.54, 1.807) is 32.9 Å². The van der Waals surface area contributed by atoms with E-state index < -0.39 is 23.3 Å². The lowest BCUT2D eigenvalue weighted by atomic mass is 9.74. The van der Waals surface area contributed by atoms with Crippen molar-refractivity contribution in [3.8, 4) is 0 Å². The van der Waals surface area contributed by atoms with Crippen LogP contribution in [0.3, 0.4) is 0 Å². The van der Waals surface area contributed by atoms with Crippen LogP contribution in [0.1, 0.15) is 27.2 Å². The number of carbonyl (C=O) groups is 2. The third-order valence-electron chi connectivity index (χ3n) is 2.58. The predicted molar refractivity (Wildman–Crippen MR) is 52.0 cm³/mol. The molecule has 0 aromatic heterocycles. The molecule has 0 spiro atoms. The van der Waals surface area contributed by atoms with Crippen LogP contribution in [0.15, 0.2) is 12.2 Å². The van der Waals surface area contributed by atoms with Crippen LogP contribution in [-0.4, -0.2) is 22.2 Å². The van der Waals surface area contributed by atoms with E-state index in [2.05, 4.69) is 0 Å². The fourth-order valence-electron chi connectivity index (χ4n) is 1.56.